The van der Waals surface area contributed by atoms with Gasteiger partial charge in [-0.2, -0.15) is 0 Å². The molecule has 1 aromatic rings. The van der Waals surface area contributed by atoms with Crippen LogP contribution in [0, 0.1) is 12.7 Å². The molecular weight excluding hydrogens is 153 g/mol. The molecule has 0 aliphatic heterocycles. The van der Waals surface area contributed by atoms with Gasteiger partial charge >= 0.3 is 0 Å². The van der Waals surface area contributed by atoms with E-state index in [1.54, 1.807) is 0 Å². The first-order valence-corrected chi connectivity index (χ1v) is 3.94. The van der Waals surface area contributed by atoms with E-state index in [1.807, 2.05) is 13.8 Å². The Morgan fingerprint density at radius 2 is 2.17 bits per heavy atom. The molecule has 1 rings (SSSR count). The zero-order valence-electron chi connectivity index (χ0n) is 7.39. The van der Waals surface area contributed by atoms with E-state index in [2.05, 4.69) is 11.7 Å². The third-order valence-corrected chi connectivity index (χ3v) is 1.88. The summed E-state index contributed by atoms with van der Waals surface area (Å²) in [6, 6.07) is 2.99. The summed E-state index contributed by atoms with van der Waals surface area (Å²) >= 11 is 0. The Labute approximate surface area is 72.0 Å². The third-order valence-electron chi connectivity index (χ3n) is 1.88. The van der Waals surface area contributed by atoms with Gasteiger partial charge in [-0.1, -0.05) is 6.92 Å². The maximum atomic E-state index is 12.9. The molecule has 0 radical (unpaired) electrons. The summed E-state index contributed by atoms with van der Waals surface area (Å²) in [4.78, 5) is 3.87. The van der Waals surface area contributed by atoms with Crippen LogP contribution in [0.25, 0.3) is 0 Å². The average molecular weight is 165 g/mol. The minimum atomic E-state index is -0.197. The molecule has 1 nitrogen and oxygen atoms in total. The highest BCUT2D eigenvalue weighted by Crippen LogP contribution is 2.25. The van der Waals surface area contributed by atoms with Gasteiger partial charge in [-0.05, 0) is 43.3 Å². The van der Waals surface area contributed by atoms with Gasteiger partial charge in [0.1, 0.15) is 5.82 Å². The molecule has 0 fully saturated rings. The van der Waals surface area contributed by atoms with Crippen molar-refractivity contribution in [1.82, 2.24) is 0 Å². The van der Waals surface area contributed by atoms with Crippen molar-refractivity contribution in [1.29, 1.82) is 0 Å². The van der Waals surface area contributed by atoms with Gasteiger partial charge < -0.3 is 0 Å². The Bertz CT molecular complexity index is 305. The Kier molecular flexibility index (Phi) is 2.58. The van der Waals surface area contributed by atoms with E-state index in [0.29, 0.717) is 0 Å². The fourth-order valence-electron chi connectivity index (χ4n) is 1.30. The van der Waals surface area contributed by atoms with Crippen LogP contribution in [0.2, 0.25) is 0 Å². The van der Waals surface area contributed by atoms with Crippen LogP contribution in [-0.4, -0.2) is 6.72 Å². The summed E-state index contributed by atoms with van der Waals surface area (Å²) in [5.74, 6) is -0.197. The van der Waals surface area contributed by atoms with Crippen LogP contribution in [0.3, 0.4) is 0 Å². The lowest BCUT2D eigenvalue weighted by atomic mass is 10.1. The number of benzene rings is 1. The monoisotopic (exact) mass is 165 g/mol. The van der Waals surface area contributed by atoms with Crippen molar-refractivity contribution in [3.8, 4) is 0 Å². The summed E-state index contributed by atoms with van der Waals surface area (Å²) in [7, 11) is 0. The lowest BCUT2D eigenvalue weighted by Gasteiger charge is -2.05. The minimum Gasteiger partial charge on any atom is -0.264 e. The van der Waals surface area contributed by atoms with Crippen molar-refractivity contribution >= 4 is 12.4 Å². The summed E-state index contributed by atoms with van der Waals surface area (Å²) in [6.07, 6.45) is 0.785. The fourth-order valence-corrected chi connectivity index (χ4v) is 1.30. The molecule has 0 aromatic heterocycles. The maximum Gasteiger partial charge on any atom is 0.123 e. The molecule has 0 spiro atoms. The van der Waals surface area contributed by atoms with E-state index in [4.69, 9.17) is 0 Å². The number of aliphatic imine (C=N–C) groups is 1. The number of hydrogen-bond acceptors (Lipinski definition) is 1. The molecular formula is C10H12FN. The van der Waals surface area contributed by atoms with E-state index in [0.717, 1.165) is 23.2 Å². The smallest absolute Gasteiger partial charge is 0.123 e. The van der Waals surface area contributed by atoms with Crippen molar-refractivity contribution in [3.63, 3.8) is 0 Å². The number of aryl methyl sites for hydroxylation is 2. The lowest BCUT2D eigenvalue weighted by molar-refractivity contribution is 0.624. The fraction of sp³-hybridized carbons (Fsp3) is 0.300. The van der Waals surface area contributed by atoms with E-state index < -0.39 is 0 Å². The van der Waals surface area contributed by atoms with Crippen molar-refractivity contribution in [2.45, 2.75) is 20.3 Å². The van der Waals surface area contributed by atoms with Gasteiger partial charge in [0.25, 0.3) is 0 Å². The third kappa shape index (κ3) is 1.52. The molecule has 0 saturated carbocycles. The van der Waals surface area contributed by atoms with E-state index in [9.17, 15) is 4.39 Å². The van der Waals surface area contributed by atoms with Crippen LogP contribution in [0.1, 0.15) is 18.1 Å². The van der Waals surface area contributed by atoms with Gasteiger partial charge in [0.05, 0.1) is 5.69 Å². The highest BCUT2D eigenvalue weighted by molar-refractivity contribution is 5.56. The van der Waals surface area contributed by atoms with Crippen LogP contribution in [0.5, 0.6) is 0 Å². The molecule has 0 bridgehead atoms. The van der Waals surface area contributed by atoms with E-state index in [1.165, 1.54) is 12.1 Å². The first-order chi connectivity index (χ1) is 5.69. The Morgan fingerprint density at radius 3 is 2.67 bits per heavy atom. The van der Waals surface area contributed by atoms with Gasteiger partial charge in [0.15, 0.2) is 0 Å². The van der Waals surface area contributed by atoms with Crippen molar-refractivity contribution < 1.29 is 4.39 Å². The molecule has 2 heteroatoms. The van der Waals surface area contributed by atoms with E-state index >= 15 is 0 Å². The highest BCUT2D eigenvalue weighted by atomic mass is 19.1. The molecule has 64 valence electrons. The normalized spacial score (nSPS) is 9.92. The zero-order chi connectivity index (χ0) is 9.14. The molecule has 0 heterocycles. The standard InChI is InChI=1S/C10H12FN/c1-4-8-6-9(11)5-7(2)10(8)12-3/h5-6H,3-4H2,1-2H3. The molecule has 12 heavy (non-hydrogen) atoms. The van der Waals surface area contributed by atoms with E-state index in [-0.39, 0.29) is 5.82 Å². The molecule has 0 aliphatic carbocycles. The second-order valence-corrected chi connectivity index (χ2v) is 2.74. The van der Waals surface area contributed by atoms with Crippen molar-refractivity contribution in [2.24, 2.45) is 4.99 Å². The van der Waals surface area contributed by atoms with Crippen LogP contribution in [0.4, 0.5) is 10.1 Å². The van der Waals surface area contributed by atoms with Gasteiger partial charge in [-0.25, -0.2) is 4.39 Å². The van der Waals surface area contributed by atoms with Gasteiger partial charge in [0.2, 0.25) is 0 Å². The number of nitrogens with zero attached hydrogens (tertiary/aromatic N) is 1. The summed E-state index contributed by atoms with van der Waals surface area (Å²) in [5, 5.41) is 0. The van der Waals surface area contributed by atoms with Crippen molar-refractivity contribution in [3.05, 3.63) is 29.1 Å². The Morgan fingerprint density at radius 1 is 1.50 bits per heavy atom. The molecule has 1 aromatic carbocycles. The lowest BCUT2D eigenvalue weighted by Crippen LogP contribution is -1.87. The molecule has 0 saturated heterocycles. The summed E-state index contributed by atoms with van der Waals surface area (Å²) in [6.45, 7) is 7.27. The largest absolute Gasteiger partial charge is 0.264 e. The SMILES string of the molecule is C=Nc1c(C)cc(F)cc1CC. The zero-order valence-corrected chi connectivity index (χ0v) is 7.39. The molecule has 0 atom stereocenters. The van der Waals surface area contributed by atoms with Crippen LogP contribution < -0.4 is 0 Å². The number of rotatable bonds is 2. The maximum absolute atomic E-state index is 12.9. The van der Waals surface area contributed by atoms with Crippen LogP contribution >= 0.6 is 0 Å². The molecule has 0 N–H and O–H groups in total. The number of halogens is 1. The number of hydrogen-bond donors (Lipinski definition) is 0. The Balaban J connectivity index is 3.33. The first-order valence-electron chi connectivity index (χ1n) is 3.94. The second kappa shape index (κ2) is 3.48. The van der Waals surface area contributed by atoms with Crippen molar-refractivity contribution in [2.75, 3.05) is 0 Å². The average Bonchev–Trinajstić information content (AvgIpc) is 2.03. The predicted molar refractivity (Wildman–Crippen MR) is 49.7 cm³/mol. The topological polar surface area (TPSA) is 12.4 Å². The minimum absolute atomic E-state index is 0.197. The summed E-state index contributed by atoms with van der Waals surface area (Å²) in [5.41, 5.74) is 2.59. The molecule has 0 unspecified atom stereocenters. The predicted octanol–water partition coefficient (Wildman–Crippen LogP) is 3.03. The van der Waals surface area contributed by atoms with Crippen LogP contribution in [-0.2, 0) is 6.42 Å². The van der Waals surface area contributed by atoms with Gasteiger partial charge in [0, 0.05) is 0 Å². The Hall–Kier alpha value is -1.18. The highest BCUT2D eigenvalue weighted by Gasteiger charge is 2.04. The summed E-state index contributed by atoms with van der Waals surface area (Å²) < 4.78 is 12.9. The second-order valence-electron chi connectivity index (χ2n) is 2.74. The molecule has 0 amide bonds. The first kappa shape index (κ1) is 8.91. The van der Waals surface area contributed by atoms with Crippen LogP contribution in [0.15, 0.2) is 17.1 Å². The molecule has 0 aliphatic rings. The quantitative estimate of drug-likeness (QED) is 0.597. The van der Waals surface area contributed by atoms with Gasteiger partial charge in [-0.15, -0.1) is 0 Å². The van der Waals surface area contributed by atoms with Gasteiger partial charge in [-0.3, -0.25) is 4.99 Å².